The highest BCUT2D eigenvalue weighted by Crippen LogP contribution is 2.49. The molecule has 6 heteroatoms. The molecule has 2 heterocycles. The van der Waals surface area contributed by atoms with E-state index in [9.17, 15) is 9.90 Å². The molecule has 6 nitrogen and oxygen atoms in total. The first-order valence-corrected chi connectivity index (χ1v) is 9.47. The Morgan fingerprint density at radius 1 is 1.18 bits per heavy atom. The van der Waals surface area contributed by atoms with E-state index in [-0.39, 0.29) is 17.7 Å². The topological polar surface area (TPSA) is 79.8 Å². The molecule has 0 unspecified atom stereocenters. The van der Waals surface area contributed by atoms with Crippen molar-refractivity contribution < 1.29 is 19.4 Å². The second-order valence-corrected chi connectivity index (χ2v) is 8.44. The van der Waals surface area contributed by atoms with Crippen LogP contribution in [0.25, 0.3) is 0 Å². The molecule has 2 aliphatic rings. The smallest absolute Gasteiger partial charge is 0.318 e. The van der Waals surface area contributed by atoms with Crippen LogP contribution in [0.5, 0.6) is 17.2 Å². The average molecular weight is 382 g/mol. The number of methoxy groups -OCH3 is 1. The van der Waals surface area contributed by atoms with Gasteiger partial charge in [-0.25, -0.2) is 4.79 Å². The first kappa shape index (κ1) is 18.5. The molecule has 2 aromatic carbocycles. The lowest BCUT2D eigenvalue weighted by Crippen LogP contribution is -2.69. The van der Waals surface area contributed by atoms with Crippen molar-refractivity contribution in [1.82, 2.24) is 10.6 Å². The van der Waals surface area contributed by atoms with Crippen molar-refractivity contribution in [3.8, 4) is 17.2 Å². The van der Waals surface area contributed by atoms with E-state index in [0.717, 1.165) is 22.4 Å². The quantitative estimate of drug-likeness (QED) is 0.738. The van der Waals surface area contributed by atoms with Crippen LogP contribution in [-0.2, 0) is 0 Å². The maximum atomic E-state index is 12.4. The van der Waals surface area contributed by atoms with Gasteiger partial charge in [-0.2, -0.15) is 0 Å². The molecule has 4 rings (SSSR count). The highest BCUT2D eigenvalue weighted by Gasteiger charge is 2.50. The summed E-state index contributed by atoms with van der Waals surface area (Å²) in [4.78, 5) is 12.4. The van der Waals surface area contributed by atoms with E-state index in [1.807, 2.05) is 45.0 Å². The first-order valence-electron chi connectivity index (χ1n) is 9.47. The van der Waals surface area contributed by atoms with Crippen molar-refractivity contribution in [1.29, 1.82) is 0 Å². The highest BCUT2D eigenvalue weighted by atomic mass is 16.5. The second-order valence-electron chi connectivity index (χ2n) is 8.44. The zero-order valence-electron chi connectivity index (χ0n) is 16.6. The Labute approximate surface area is 164 Å². The number of carbonyl (C=O) groups excluding carboxylic acids is 1. The lowest BCUT2D eigenvalue weighted by molar-refractivity contribution is -0.0237. The molecule has 1 spiro atoms. The maximum Gasteiger partial charge on any atom is 0.318 e. The van der Waals surface area contributed by atoms with Crippen LogP contribution in [0.2, 0.25) is 0 Å². The lowest BCUT2D eigenvalue weighted by atomic mass is 9.76. The molecule has 28 heavy (non-hydrogen) atoms. The van der Waals surface area contributed by atoms with Gasteiger partial charge in [0, 0.05) is 35.9 Å². The van der Waals surface area contributed by atoms with E-state index in [4.69, 9.17) is 9.47 Å². The normalized spacial score (nSPS) is 25.3. The van der Waals surface area contributed by atoms with Crippen molar-refractivity contribution in [2.24, 2.45) is 0 Å². The number of urea groups is 1. The number of phenols is 1. The summed E-state index contributed by atoms with van der Waals surface area (Å²) in [7, 11) is 1.65. The first-order chi connectivity index (χ1) is 13.2. The van der Waals surface area contributed by atoms with Crippen LogP contribution >= 0.6 is 0 Å². The molecule has 2 amide bonds. The summed E-state index contributed by atoms with van der Waals surface area (Å²) in [6.45, 7) is 5.95. The van der Waals surface area contributed by atoms with E-state index >= 15 is 0 Å². The van der Waals surface area contributed by atoms with E-state index in [0.29, 0.717) is 18.6 Å². The highest BCUT2D eigenvalue weighted by molar-refractivity contribution is 5.77. The molecule has 148 valence electrons. The number of rotatable bonds is 2. The van der Waals surface area contributed by atoms with Crippen molar-refractivity contribution in [2.75, 3.05) is 7.11 Å². The zero-order valence-corrected chi connectivity index (χ0v) is 16.6. The number of phenolic OH excluding ortho intramolecular Hbond substituents is 1. The molecule has 0 aliphatic carbocycles. The standard InChI is InChI=1S/C22H26N2O4/c1-13-9-15(25)10-18-19(13)17(14-5-7-16(27-4)8-6-14)11-22(28-18)12-21(2,3)23-20(26)24-22/h5-10,17,25H,11-12H2,1-4H3,(H2,23,24,26)/t17-,22+/m1/s1. The minimum absolute atomic E-state index is 0.0180. The molecule has 1 saturated heterocycles. The van der Waals surface area contributed by atoms with Gasteiger partial charge < -0.3 is 25.2 Å². The van der Waals surface area contributed by atoms with Crippen LogP contribution in [0.1, 0.15) is 49.3 Å². The fourth-order valence-electron chi connectivity index (χ4n) is 4.62. The van der Waals surface area contributed by atoms with E-state index in [1.54, 1.807) is 19.2 Å². The summed E-state index contributed by atoms with van der Waals surface area (Å²) >= 11 is 0. The van der Waals surface area contributed by atoms with Crippen molar-refractivity contribution in [2.45, 2.75) is 50.8 Å². The Bertz CT molecular complexity index is 923. The third-order valence-corrected chi connectivity index (χ3v) is 5.56. The molecule has 3 N–H and O–H groups in total. The molecular weight excluding hydrogens is 356 g/mol. The Hall–Kier alpha value is -2.89. The predicted octanol–water partition coefficient (Wildman–Crippen LogP) is 3.80. The van der Waals surface area contributed by atoms with Gasteiger partial charge >= 0.3 is 6.03 Å². The molecule has 2 aliphatic heterocycles. The fraction of sp³-hybridized carbons (Fsp3) is 0.409. The van der Waals surface area contributed by atoms with Crippen LogP contribution in [0.3, 0.4) is 0 Å². The fourth-order valence-corrected chi connectivity index (χ4v) is 4.62. The van der Waals surface area contributed by atoms with Gasteiger partial charge in [-0.15, -0.1) is 0 Å². The van der Waals surface area contributed by atoms with Crippen molar-refractivity contribution >= 4 is 6.03 Å². The molecule has 0 saturated carbocycles. The Morgan fingerprint density at radius 3 is 2.54 bits per heavy atom. The maximum absolute atomic E-state index is 12.4. The number of carbonyl (C=O) groups is 1. The summed E-state index contributed by atoms with van der Waals surface area (Å²) in [5, 5.41) is 16.1. The van der Waals surface area contributed by atoms with Gasteiger partial charge in [0.1, 0.15) is 17.2 Å². The molecule has 2 atom stereocenters. The molecule has 2 aromatic rings. The van der Waals surface area contributed by atoms with E-state index < -0.39 is 11.3 Å². The van der Waals surface area contributed by atoms with Crippen LogP contribution in [0.4, 0.5) is 4.79 Å². The van der Waals surface area contributed by atoms with Gasteiger partial charge in [-0.05, 0) is 50.1 Å². The van der Waals surface area contributed by atoms with Crippen molar-refractivity contribution in [3.05, 3.63) is 53.1 Å². The summed E-state index contributed by atoms with van der Waals surface area (Å²) in [5.41, 5.74) is 1.87. The van der Waals surface area contributed by atoms with E-state index in [2.05, 4.69) is 10.6 Å². The van der Waals surface area contributed by atoms with E-state index in [1.165, 1.54) is 0 Å². The van der Waals surface area contributed by atoms with Crippen molar-refractivity contribution in [3.63, 3.8) is 0 Å². The number of benzene rings is 2. The van der Waals surface area contributed by atoms with Crippen LogP contribution in [0, 0.1) is 6.92 Å². The summed E-state index contributed by atoms with van der Waals surface area (Å²) in [5.74, 6) is 1.58. The minimum Gasteiger partial charge on any atom is -0.508 e. The van der Waals surface area contributed by atoms with Gasteiger partial charge in [0.05, 0.1) is 7.11 Å². The molecular formula is C22H26N2O4. The second kappa shape index (κ2) is 6.33. The number of nitrogens with one attached hydrogen (secondary N) is 2. The van der Waals surface area contributed by atoms with Gasteiger partial charge in [-0.3, -0.25) is 0 Å². The third kappa shape index (κ3) is 3.23. The van der Waals surface area contributed by atoms with Gasteiger partial charge in [0.15, 0.2) is 5.72 Å². The Balaban J connectivity index is 1.83. The molecule has 1 fully saturated rings. The molecule has 0 aromatic heterocycles. The Morgan fingerprint density at radius 2 is 1.89 bits per heavy atom. The average Bonchev–Trinajstić information content (AvgIpc) is 2.58. The summed E-state index contributed by atoms with van der Waals surface area (Å²) in [6, 6.07) is 11.1. The minimum atomic E-state index is -0.844. The number of amides is 2. The van der Waals surface area contributed by atoms with Crippen LogP contribution in [-0.4, -0.2) is 29.5 Å². The monoisotopic (exact) mass is 382 g/mol. The Kier molecular flexibility index (Phi) is 4.17. The van der Waals surface area contributed by atoms with Gasteiger partial charge in [-0.1, -0.05) is 12.1 Å². The van der Waals surface area contributed by atoms with Crippen LogP contribution in [0.15, 0.2) is 36.4 Å². The number of aryl methyl sites for hydroxylation is 1. The number of hydrogen-bond acceptors (Lipinski definition) is 4. The lowest BCUT2D eigenvalue weighted by Gasteiger charge is -2.49. The van der Waals surface area contributed by atoms with Crippen LogP contribution < -0.4 is 20.1 Å². The predicted molar refractivity (Wildman–Crippen MR) is 106 cm³/mol. The zero-order chi connectivity index (χ0) is 20.1. The summed E-state index contributed by atoms with van der Waals surface area (Å²) in [6.07, 6.45) is 1.21. The number of aromatic hydroxyl groups is 1. The largest absolute Gasteiger partial charge is 0.508 e. The summed E-state index contributed by atoms with van der Waals surface area (Å²) < 4.78 is 11.7. The number of ether oxygens (including phenoxy) is 2. The number of fused-ring (bicyclic) bond motifs is 1. The third-order valence-electron chi connectivity index (χ3n) is 5.56. The van der Waals surface area contributed by atoms with Gasteiger partial charge in [0.25, 0.3) is 0 Å². The molecule has 0 bridgehead atoms. The number of hydrogen-bond donors (Lipinski definition) is 3. The van der Waals surface area contributed by atoms with Gasteiger partial charge in [0.2, 0.25) is 0 Å². The SMILES string of the molecule is COc1ccc([C@H]2C[C@@]3(CC(C)(C)NC(=O)N3)Oc3cc(O)cc(C)c32)cc1. The molecule has 0 radical (unpaired) electrons.